The number of hydrogen-bond acceptors (Lipinski definition) is 6. The second-order valence-corrected chi connectivity index (χ2v) is 3.85. The molecule has 1 heterocycles. The van der Waals surface area contributed by atoms with E-state index in [0.717, 1.165) is 0 Å². The Morgan fingerprint density at radius 2 is 2.28 bits per heavy atom. The first-order valence-electron chi connectivity index (χ1n) is 5.39. The third-order valence-electron chi connectivity index (χ3n) is 2.73. The van der Waals surface area contributed by atoms with Crippen LogP contribution >= 0.6 is 0 Å². The average Bonchev–Trinajstić information content (AvgIpc) is 2.37. The van der Waals surface area contributed by atoms with E-state index in [4.69, 9.17) is 5.84 Å². The minimum absolute atomic E-state index is 0.106. The lowest BCUT2D eigenvalue weighted by Crippen LogP contribution is -2.47. The van der Waals surface area contributed by atoms with Gasteiger partial charge in [0.25, 0.3) is 0 Å². The molecule has 0 spiro atoms. The van der Waals surface area contributed by atoms with Gasteiger partial charge < -0.3 is 15.6 Å². The van der Waals surface area contributed by atoms with Crippen LogP contribution in [0, 0.1) is 10.1 Å². The van der Waals surface area contributed by atoms with Gasteiger partial charge in [-0.15, -0.1) is 0 Å². The molecule has 4 N–H and O–H groups in total. The quantitative estimate of drug-likeness (QED) is 0.390. The molecule has 8 nitrogen and oxygen atoms in total. The number of hydrazine groups is 1. The minimum Gasteiger partial charge on any atom is -0.355 e. The van der Waals surface area contributed by atoms with Crippen molar-refractivity contribution < 1.29 is 9.72 Å². The van der Waals surface area contributed by atoms with E-state index in [9.17, 15) is 14.9 Å². The molecule has 1 aromatic rings. The zero-order valence-electron chi connectivity index (χ0n) is 9.55. The number of para-hydroxylation sites is 1. The number of rotatable bonds is 3. The molecule has 0 unspecified atom stereocenters. The Morgan fingerprint density at radius 3 is 2.89 bits per heavy atom. The maximum atomic E-state index is 11.3. The largest absolute Gasteiger partial charge is 0.355 e. The molecule has 2 rings (SSSR count). The molecular formula is C10H13N5O3. The predicted molar refractivity (Wildman–Crippen MR) is 66.1 cm³/mol. The highest BCUT2D eigenvalue weighted by molar-refractivity contribution is 5.85. The van der Waals surface area contributed by atoms with Gasteiger partial charge in [0.1, 0.15) is 11.4 Å². The zero-order valence-corrected chi connectivity index (χ0v) is 9.55. The van der Waals surface area contributed by atoms with Crippen LogP contribution in [0.15, 0.2) is 18.2 Å². The molecule has 0 aliphatic carbocycles. The summed E-state index contributed by atoms with van der Waals surface area (Å²) in [6.07, 6.45) is 0. The number of carbonyl (C=O) groups excluding carboxylic acids is 1. The fourth-order valence-corrected chi connectivity index (χ4v) is 1.94. The smallest absolute Gasteiger partial charge is 0.316 e. The van der Waals surface area contributed by atoms with Gasteiger partial charge in [-0.1, -0.05) is 6.07 Å². The Labute approximate surface area is 103 Å². The normalized spacial score (nSPS) is 15.2. The third-order valence-corrected chi connectivity index (χ3v) is 2.73. The van der Waals surface area contributed by atoms with Gasteiger partial charge in [0, 0.05) is 13.1 Å². The van der Waals surface area contributed by atoms with Crippen molar-refractivity contribution in [3.63, 3.8) is 0 Å². The van der Waals surface area contributed by atoms with Gasteiger partial charge in [-0.2, -0.15) is 0 Å². The van der Waals surface area contributed by atoms with Gasteiger partial charge in [0.15, 0.2) is 0 Å². The van der Waals surface area contributed by atoms with Gasteiger partial charge in [0.05, 0.1) is 11.5 Å². The fraction of sp³-hybridized carbons (Fsp3) is 0.300. The third kappa shape index (κ3) is 2.18. The molecule has 8 heteroatoms. The highest BCUT2D eigenvalue weighted by Gasteiger charge is 2.26. The topological polar surface area (TPSA) is 114 Å². The van der Waals surface area contributed by atoms with Crippen molar-refractivity contribution in [1.29, 1.82) is 0 Å². The number of nitro benzene ring substituents is 1. The summed E-state index contributed by atoms with van der Waals surface area (Å²) in [4.78, 5) is 23.6. The molecule has 1 aromatic carbocycles. The molecule has 1 fully saturated rings. The Hall–Kier alpha value is -2.35. The van der Waals surface area contributed by atoms with E-state index in [1.165, 1.54) is 6.07 Å². The SMILES string of the molecule is NNc1cccc(N2CCNC(=O)C2)c1[N+](=O)[O-]. The molecule has 1 saturated heterocycles. The second-order valence-electron chi connectivity index (χ2n) is 3.85. The molecular weight excluding hydrogens is 238 g/mol. The summed E-state index contributed by atoms with van der Waals surface area (Å²) in [5, 5.41) is 13.8. The Balaban J connectivity index is 2.43. The summed E-state index contributed by atoms with van der Waals surface area (Å²) in [5.74, 6) is 5.11. The van der Waals surface area contributed by atoms with Gasteiger partial charge in [0.2, 0.25) is 5.91 Å². The van der Waals surface area contributed by atoms with Crippen LogP contribution in [-0.4, -0.2) is 30.5 Å². The second kappa shape index (κ2) is 4.88. The van der Waals surface area contributed by atoms with Crippen LogP contribution in [0.4, 0.5) is 17.1 Å². The Morgan fingerprint density at radius 1 is 1.50 bits per heavy atom. The van der Waals surface area contributed by atoms with Crippen molar-refractivity contribution >= 4 is 23.0 Å². The van der Waals surface area contributed by atoms with Gasteiger partial charge in [-0.25, -0.2) is 0 Å². The van der Waals surface area contributed by atoms with E-state index in [0.29, 0.717) is 18.8 Å². The number of anilines is 2. The number of benzene rings is 1. The molecule has 18 heavy (non-hydrogen) atoms. The van der Waals surface area contributed by atoms with E-state index in [1.54, 1.807) is 17.0 Å². The number of hydrogen-bond donors (Lipinski definition) is 3. The van der Waals surface area contributed by atoms with E-state index >= 15 is 0 Å². The van der Waals surface area contributed by atoms with Crippen molar-refractivity contribution in [3.05, 3.63) is 28.3 Å². The Bertz CT molecular complexity index is 490. The minimum atomic E-state index is -0.503. The van der Waals surface area contributed by atoms with Crippen LogP contribution in [-0.2, 0) is 4.79 Å². The van der Waals surface area contributed by atoms with Crippen molar-refractivity contribution in [2.24, 2.45) is 5.84 Å². The van der Waals surface area contributed by atoms with Crippen molar-refractivity contribution in [3.8, 4) is 0 Å². The molecule has 0 atom stereocenters. The number of piperazine rings is 1. The van der Waals surface area contributed by atoms with Crippen LogP contribution in [0.2, 0.25) is 0 Å². The molecule has 0 radical (unpaired) electrons. The van der Waals surface area contributed by atoms with E-state index in [1.807, 2.05) is 0 Å². The van der Waals surface area contributed by atoms with Crippen LogP contribution in [0.25, 0.3) is 0 Å². The number of nitrogens with zero attached hydrogens (tertiary/aromatic N) is 2. The number of nitrogens with one attached hydrogen (secondary N) is 2. The van der Waals surface area contributed by atoms with Crippen LogP contribution < -0.4 is 21.5 Å². The lowest BCUT2D eigenvalue weighted by atomic mass is 10.2. The van der Waals surface area contributed by atoms with Gasteiger partial charge >= 0.3 is 5.69 Å². The number of nitro groups is 1. The predicted octanol–water partition coefficient (Wildman–Crippen LogP) is -0.183. The average molecular weight is 251 g/mol. The molecule has 0 aromatic heterocycles. The molecule has 0 bridgehead atoms. The number of amides is 1. The summed E-state index contributed by atoms with van der Waals surface area (Å²) in [6, 6.07) is 4.78. The van der Waals surface area contributed by atoms with Gasteiger partial charge in [-0.05, 0) is 12.1 Å². The van der Waals surface area contributed by atoms with E-state index in [2.05, 4.69) is 10.7 Å². The van der Waals surface area contributed by atoms with Crippen LogP contribution in [0.1, 0.15) is 0 Å². The fourth-order valence-electron chi connectivity index (χ4n) is 1.94. The van der Waals surface area contributed by atoms with E-state index < -0.39 is 4.92 Å². The summed E-state index contributed by atoms with van der Waals surface area (Å²) >= 11 is 0. The van der Waals surface area contributed by atoms with Gasteiger partial charge in [-0.3, -0.25) is 20.8 Å². The lowest BCUT2D eigenvalue weighted by molar-refractivity contribution is -0.383. The van der Waals surface area contributed by atoms with Crippen molar-refractivity contribution in [2.75, 3.05) is 30.0 Å². The maximum absolute atomic E-state index is 11.3. The standard InChI is InChI=1S/C10H13N5O3/c11-13-7-2-1-3-8(10(7)15(17)18)14-5-4-12-9(16)6-14/h1-3,13H,4-6,11H2,(H,12,16). The Kier molecular flexibility index (Phi) is 3.28. The highest BCUT2D eigenvalue weighted by atomic mass is 16.6. The number of nitrogens with two attached hydrogens (primary N) is 1. The molecule has 1 aliphatic rings. The van der Waals surface area contributed by atoms with Crippen molar-refractivity contribution in [1.82, 2.24) is 5.32 Å². The first kappa shape index (κ1) is 12.1. The summed E-state index contributed by atoms with van der Waals surface area (Å²) in [5.41, 5.74) is 2.80. The number of carbonyl (C=O) groups is 1. The van der Waals surface area contributed by atoms with Crippen LogP contribution in [0.5, 0.6) is 0 Å². The molecule has 0 saturated carbocycles. The first-order valence-corrected chi connectivity index (χ1v) is 5.39. The lowest BCUT2D eigenvalue weighted by Gasteiger charge is -2.28. The summed E-state index contributed by atoms with van der Waals surface area (Å²) in [6.45, 7) is 1.10. The first-order chi connectivity index (χ1) is 8.63. The number of nitrogen functional groups attached to an aromatic ring is 1. The zero-order chi connectivity index (χ0) is 13.1. The van der Waals surface area contributed by atoms with E-state index in [-0.39, 0.29) is 23.8 Å². The highest BCUT2D eigenvalue weighted by Crippen LogP contribution is 2.34. The molecule has 96 valence electrons. The van der Waals surface area contributed by atoms with Crippen LogP contribution in [0.3, 0.4) is 0 Å². The summed E-state index contributed by atoms with van der Waals surface area (Å²) < 4.78 is 0. The monoisotopic (exact) mass is 251 g/mol. The molecule has 1 amide bonds. The molecule has 1 aliphatic heterocycles. The van der Waals surface area contributed by atoms with Crippen molar-refractivity contribution in [2.45, 2.75) is 0 Å². The maximum Gasteiger partial charge on any atom is 0.316 e. The summed E-state index contributed by atoms with van der Waals surface area (Å²) in [7, 11) is 0.